The summed E-state index contributed by atoms with van der Waals surface area (Å²) in [4.78, 5) is 44.9. The summed E-state index contributed by atoms with van der Waals surface area (Å²) in [7, 11) is 0. The molecule has 214 valence electrons. The Balaban J connectivity index is 1.49. The third kappa shape index (κ3) is 4.50. The second kappa shape index (κ2) is 11.5. The summed E-state index contributed by atoms with van der Waals surface area (Å²) < 4.78 is 13.7. The van der Waals surface area contributed by atoms with Crippen LogP contribution in [-0.4, -0.2) is 91.2 Å². The number of nitrogens with zero attached hydrogens (tertiary/aromatic N) is 5. The highest BCUT2D eigenvalue weighted by Crippen LogP contribution is 2.59. The number of amides is 2. The zero-order valence-corrected chi connectivity index (χ0v) is 22.9. The number of esters is 1. The van der Waals surface area contributed by atoms with E-state index in [2.05, 4.69) is 23.5 Å². The molecule has 3 saturated heterocycles. The molecule has 2 amide bonds. The van der Waals surface area contributed by atoms with Gasteiger partial charge < -0.3 is 24.4 Å². The average Bonchev–Trinajstić information content (AvgIpc) is 3.71. The number of ether oxygens (including phenoxy) is 2. The molecule has 3 aliphatic heterocycles. The van der Waals surface area contributed by atoms with Crippen LogP contribution in [0.15, 0.2) is 49.6 Å². The fourth-order valence-corrected chi connectivity index (χ4v) is 6.67. The van der Waals surface area contributed by atoms with Crippen LogP contribution in [0.25, 0.3) is 11.0 Å². The average molecular weight is 552 g/mol. The fraction of sp³-hybridized carbons (Fsp3) is 0.552. The van der Waals surface area contributed by atoms with Crippen LogP contribution in [-0.2, 0) is 30.5 Å². The zero-order valence-electron chi connectivity index (χ0n) is 22.9. The smallest absolute Gasteiger partial charge is 0.312 e. The Hall–Kier alpha value is -3.57. The van der Waals surface area contributed by atoms with Gasteiger partial charge in [-0.25, -0.2) is 4.68 Å². The number of hydrogen-bond donors (Lipinski definition) is 1. The molecule has 2 unspecified atom stereocenters. The number of unbranched alkanes of at least 4 members (excludes halogenated alkanes) is 1. The highest BCUT2D eigenvalue weighted by Gasteiger charge is 2.75. The maximum atomic E-state index is 14.5. The Bertz CT molecular complexity index is 1290. The molecule has 6 atom stereocenters. The number of aliphatic hydroxyl groups excluding tert-OH is 1. The first-order valence-corrected chi connectivity index (χ1v) is 14.0. The molecule has 0 radical (unpaired) electrons. The number of benzene rings is 1. The van der Waals surface area contributed by atoms with E-state index in [0.29, 0.717) is 37.6 Å². The first-order chi connectivity index (χ1) is 19.4. The normalized spacial score (nSPS) is 27.6. The summed E-state index contributed by atoms with van der Waals surface area (Å²) >= 11 is 0. The number of carbonyl (C=O) groups is 3. The zero-order chi connectivity index (χ0) is 28.4. The van der Waals surface area contributed by atoms with Crippen LogP contribution in [0.3, 0.4) is 0 Å². The van der Waals surface area contributed by atoms with E-state index in [9.17, 15) is 19.5 Å². The number of fused-ring (bicyclic) bond motifs is 2. The van der Waals surface area contributed by atoms with Gasteiger partial charge in [-0.05, 0) is 44.2 Å². The molecule has 2 bridgehead atoms. The van der Waals surface area contributed by atoms with Crippen molar-refractivity contribution >= 4 is 28.8 Å². The first kappa shape index (κ1) is 28.0. The molecule has 4 heterocycles. The van der Waals surface area contributed by atoms with Crippen molar-refractivity contribution in [2.24, 2.45) is 11.8 Å². The van der Waals surface area contributed by atoms with E-state index in [-0.39, 0.29) is 38.2 Å². The standard InChI is InChI=1S/C29H37N5O6/c1-4-7-10-16-39-28(38)23-22-13-14-29(40-22)24(23)26(36)34(19(6-3)17-35)25(29)27(37)32(15-5-2)18-33-21-12-9-8-11-20(21)30-31-33/h4-5,8-9,11-12,19,22-25,35H,1-2,6-7,10,13-18H2,3H3/t19-,22-,23+,24-,25?,29?/m0/s1. The van der Waals surface area contributed by atoms with Crippen LogP contribution in [0.4, 0.5) is 0 Å². The molecule has 11 heteroatoms. The van der Waals surface area contributed by atoms with Crippen molar-refractivity contribution in [3.05, 3.63) is 49.6 Å². The molecule has 1 N–H and O–H groups in total. The summed E-state index contributed by atoms with van der Waals surface area (Å²) in [6.07, 6.45) is 5.66. The fourth-order valence-electron chi connectivity index (χ4n) is 6.67. The third-order valence-corrected chi connectivity index (χ3v) is 8.50. The summed E-state index contributed by atoms with van der Waals surface area (Å²) in [6, 6.07) is 5.83. The number of carbonyl (C=O) groups excluding carboxylic acids is 3. The lowest BCUT2D eigenvalue weighted by molar-refractivity contribution is -0.157. The van der Waals surface area contributed by atoms with E-state index in [1.54, 1.807) is 21.7 Å². The van der Waals surface area contributed by atoms with Gasteiger partial charge in [0.1, 0.15) is 23.8 Å². The monoisotopic (exact) mass is 551 g/mol. The summed E-state index contributed by atoms with van der Waals surface area (Å²) in [5, 5.41) is 18.7. The highest BCUT2D eigenvalue weighted by molar-refractivity contribution is 5.98. The van der Waals surface area contributed by atoms with Crippen LogP contribution in [0.1, 0.15) is 39.0 Å². The van der Waals surface area contributed by atoms with Crippen molar-refractivity contribution < 1.29 is 29.0 Å². The second-order valence-corrected chi connectivity index (χ2v) is 10.7. The van der Waals surface area contributed by atoms with Crippen molar-refractivity contribution in [3.8, 4) is 0 Å². The van der Waals surface area contributed by atoms with Gasteiger partial charge in [-0.15, -0.1) is 18.3 Å². The number of rotatable bonds is 13. The molecule has 0 saturated carbocycles. The molecule has 1 aromatic carbocycles. The van der Waals surface area contributed by atoms with E-state index in [0.717, 1.165) is 5.52 Å². The predicted octanol–water partition coefficient (Wildman–Crippen LogP) is 2.06. The molecule has 1 aromatic heterocycles. The Labute approximate surface area is 233 Å². The Morgan fingerprint density at radius 3 is 2.85 bits per heavy atom. The number of aliphatic hydroxyl groups is 1. The van der Waals surface area contributed by atoms with Crippen LogP contribution in [0.5, 0.6) is 0 Å². The molecule has 11 nitrogen and oxygen atoms in total. The summed E-state index contributed by atoms with van der Waals surface area (Å²) in [5.74, 6) is -2.82. The van der Waals surface area contributed by atoms with E-state index in [4.69, 9.17) is 9.47 Å². The van der Waals surface area contributed by atoms with Gasteiger partial charge in [0, 0.05) is 6.54 Å². The van der Waals surface area contributed by atoms with Gasteiger partial charge in [0.05, 0.1) is 42.7 Å². The predicted molar refractivity (Wildman–Crippen MR) is 145 cm³/mol. The number of allylic oxidation sites excluding steroid dienone is 1. The van der Waals surface area contributed by atoms with E-state index in [1.807, 2.05) is 31.2 Å². The van der Waals surface area contributed by atoms with Gasteiger partial charge in [-0.2, -0.15) is 0 Å². The van der Waals surface area contributed by atoms with Crippen LogP contribution in [0.2, 0.25) is 0 Å². The van der Waals surface area contributed by atoms with Gasteiger partial charge >= 0.3 is 5.97 Å². The van der Waals surface area contributed by atoms with Crippen molar-refractivity contribution in [2.75, 3.05) is 19.8 Å². The summed E-state index contributed by atoms with van der Waals surface area (Å²) in [5.41, 5.74) is 0.276. The van der Waals surface area contributed by atoms with Crippen LogP contribution in [0, 0.1) is 11.8 Å². The molecule has 1 spiro atoms. The maximum Gasteiger partial charge on any atom is 0.312 e. The quantitative estimate of drug-likeness (QED) is 0.228. The molecule has 3 fully saturated rings. The first-order valence-electron chi connectivity index (χ1n) is 14.0. The number of likely N-dealkylation sites (tertiary alicyclic amines) is 1. The topological polar surface area (TPSA) is 127 Å². The van der Waals surface area contributed by atoms with Gasteiger partial charge in [0.25, 0.3) is 0 Å². The van der Waals surface area contributed by atoms with Crippen molar-refractivity contribution in [1.29, 1.82) is 0 Å². The number of hydrogen-bond acceptors (Lipinski definition) is 8. The largest absolute Gasteiger partial charge is 0.465 e. The Morgan fingerprint density at radius 1 is 1.32 bits per heavy atom. The Kier molecular flexibility index (Phi) is 8.04. The minimum Gasteiger partial charge on any atom is -0.465 e. The molecular formula is C29H37N5O6. The lowest BCUT2D eigenvalue weighted by atomic mass is 9.70. The maximum absolute atomic E-state index is 14.5. The minimum atomic E-state index is -1.18. The van der Waals surface area contributed by atoms with E-state index < -0.39 is 41.6 Å². The van der Waals surface area contributed by atoms with Crippen LogP contribution < -0.4 is 0 Å². The van der Waals surface area contributed by atoms with E-state index in [1.165, 1.54) is 4.90 Å². The molecule has 5 rings (SSSR count). The van der Waals surface area contributed by atoms with Gasteiger partial charge in [-0.1, -0.05) is 36.4 Å². The molecule has 2 aromatic rings. The van der Waals surface area contributed by atoms with Crippen molar-refractivity contribution in [2.45, 2.75) is 69.5 Å². The summed E-state index contributed by atoms with van der Waals surface area (Å²) in [6.45, 7) is 9.56. The lowest BCUT2D eigenvalue weighted by Gasteiger charge is -2.39. The Morgan fingerprint density at radius 2 is 2.12 bits per heavy atom. The van der Waals surface area contributed by atoms with E-state index >= 15 is 0 Å². The highest BCUT2D eigenvalue weighted by atomic mass is 16.6. The van der Waals surface area contributed by atoms with Gasteiger partial charge in [0.15, 0.2) is 0 Å². The molecular weight excluding hydrogens is 514 g/mol. The second-order valence-electron chi connectivity index (χ2n) is 10.7. The number of aromatic nitrogens is 3. The lowest BCUT2D eigenvalue weighted by Crippen LogP contribution is -2.58. The SMILES string of the molecule is C=CCCCOC(=O)[C@@H]1[C@@H]2CCC3(O2)C(C(=O)N(CC=C)Cn2nnc4ccccc42)N([C@@H](CC)CO)C(=O)[C@H]13. The number of para-hydroxylation sites is 1. The van der Waals surface area contributed by atoms with Crippen LogP contribution >= 0.6 is 0 Å². The molecule has 3 aliphatic rings. The minimum absolute atomic E-state index is 0.0821. The molecule has 0 aliphatic carbocycles. The third-order valence-electron chi connectivity index (χ3n) is 8.50. The molecule has 40 heavy (non-hydrogen) atoms. The van der Waals surface area contributed by atoms with Gasteiger partial charge in [0.2, 0.25) is 11.8 Å². The van der Waals surface area contributed by atoms with Gasteiger partial charge in [-0.3, -0.25) is 14.4 Å². The van der Waals surface area contributed by atoms with Crippen molar-refractivity contribution in [3.63, 3.8) is 0 Å². The van der Waals surface area contributed by atoms with Crippen molar-refractivity contribution in [1.82, 2.24) is 24.8 Å².